The number of piperidine rings is 1. The zero-order chi connectivity index (χ0) is 21.1. The molecule has 1 saturated carbocycles. The van der Waals surface area contributed by atoms with Gasteiger partial charge in [-0.2, -0.15) is 0 Å². The number of aromatic nitrogens is 2. The highest BCUT2D eigenvalue weighted by Gasteiger charge is 2.29. The summed E-state index contributed by atoms with van der Waals surface area (Å²) in [6.45, 7) is 3.93. The SMILES string of the molecule is CCn1c(=O)n(CC(=O)NC2CCN(C(=O)C3CCCCC3)CC2)c2ccccc21. The summed E-state index contributed by atoms with van der Waals surface area (Å²) in [5.74, 6) is 0.360. The zero-order valence-corrected chi connectivity index (χ0v) is 17.8. The molecule has 7 heteroatoms. The minimum Gasteiger partial charge on any atom is -0.352 e. The molecule has 0 radical (unpaired) electrons. The number of imidazole rings is 1. The number of carbonyl (C=O) groups is 2. The van der Waals surface area contributed by atoms with Crippen molar-refractivity contribution >= 4 is 22.8 Å². The standard InChI is InChI=1S/C23H32N4O3/c1-2-26-19-10-6-7-11-20(19)27(23(26)30)16-21(28)24-18-12-14-25(15-13-18)22(29)17-8-4-3-5-9-17/h6-7,10-11,17-18H,2-5,8-9,12-16H2,1H3,(H,24,28). The molecule has 7 nitrogen and oxygen atoms in total. The molecular formula is C23H32N4O3. The Morgan fingerprint density at radius 1 is 0.967 bits per heavy atom. The van der Waals surface area contributed by atoms with Gasteiger partial charge in [0.15, 0.2) is 0 Å². The van der Waals surface area contributed by atoms with Gasteiger partial charge in [0.05, 0.1) is 11.0 Å². The summed E-state index contributed by atoms with van der Waals surface area (Å²) in [6, 6.07) is 7.64. The third kappa shape index (κ3) is 4.16. The first-order chi connectivity index (χ1) is 14.6. The normalized spacial score (nSPS) is 18.6. The molecule has 1 aromatic carbocycles. The number of nitrogens with zero attached hydrogens (tertiary/aromatic N) is 3. The first-order valence-corrected chi connectivity index (χ1v) is 11.3. The maximum Gasteiger partial charge on any atom is 0.329 e. The van der Waals surface area contributed by atoms with Gasteiger partial charge < -0.3 is 10.2 Å². The van der Waals surface area contributed by atoms with Crippen LogP contribution < -0.4 is 11.0 Å². The lowest BCUT2D eigenvalue weighted by Gasteiger charge is -2.35. The maximum absolute atomic E-state index is 12.7. The second-order valence-electron chi connectivity index (χ2n) is 8.60. The summed E-state index contributed by atoms with van der Waals surface area (Å²) in [5.41, 5.74) is 1.49. The molecule has 2 aromatic rings. The van der Waals surface area contributed by atoms with Crippen molar-refractivity contribution in [2.24, 2.45) is 5.92 Å². The van der Waals surface area contributed by atoms with Gasteiger partial charge in [-0.1, -0.05) is 31.4 Å². The number of benzene rings is 1. The van der Waals surface area contributed by atoms with Crippen LogP contribution in [0.2, 0.25) is 0 Å². The zero-order valence-electron chi connectivity index (χ0n) is 17.8. The van der Waals surface area contributed by atoms with Crippen LogP contribution in [0.15, 0.2) is 29.1 Å². The first kappa shape index (κ1) is 20.7. The van der Waals surface area contributed by atoms with Crippen LogP contribution >= 0.6 is 0 Å². The Balaban J connectivity index is 1.34. The van der Waals surface area contributed by atoms with Crippen molar-refractivity contribution in [2.45, 2.75) is 71.0 Å². The third-order valence-corrected chi connectivity index (χ3v) is 6.67. The number of hydrogen-bond donors (Lipinski definition) is 1. The van der Waals surface area contributed by atoms with Gasteiger partial charge in [-0.15, -0.1) is 0 Å². The van der Waals surface area contributed by atoms with E-state index in [1.807, 2.05) is 36.1 Å². The number of carbonyl (C=O) groups excluding carboxylic acids is 2. The molecule has 2 fully saturated rings. The summed E-state index contributed by atoms with van der Waals surface area (Å²) in [5, 5.41) is 3.08. The highest BCUT2D eigenvalue weighted by molar-refractivity contribution is 5.81. The topological polar surface area (TPSA) is 76.3 Å². The van der Waals surface area contributed by atoms with Gasteiger partial charge in [-0.05, 0) is 44.7 Å². The fourth-order valence-corrected chi connectivity index (χ4v) is 5.00. The van der Waals surface area contributed by atoms with Crippen LogP contribution in [0.3, 0.4) is 0 Å². The van der Waals surface area contributed by atoms with Crippen LogP contribution in [0.4, 0.5) is 0 Å². The van der Waals surface area contributed by atoms with E-state index < -0.39 is 0 Å². The summed E-state index contributed by atoms with van der Waals surface area (Å²) in [7, 11) is 0. The van der Waals surface area contributed by atoms with E-state index in [9.17, 15) is 14.4 Å². The molecule has 1 N–H and O–H groups in total. The van der Waals surface area contributed by atoms with Gasteiger partial charge in [0.2, 0.25) is 11.8 Å². The molecule has 2 heterocycles. The van der Waals surface area contributed by atoms with Gasteiger partial charge in [-0.25, -0.2) is 4.79 Å². The lowest BCUT2D eigenvalue weighted by atomic mass is 9.87. The number of likely N-dealkylation sites (tertiary alicyclic amines) is 1. The van der Waals surface area contributed by atoms with Crippen LogP contribution in [0.1, 0.15) is 51.9 Å². The molecule has 1 aromatic heterocycles. The van der Waals surface area contributed by atoms with E-state index in [2.05, 4.69) is 5.32 Å². The highest BCUT2D eigenvalue weighted by atomic mass is 16.2. The molecule has 162 valence electrons. The van der Waals surface area contributed by atoms with Crippen molar-refractivity contribution in [3.05, 3.63) is 34.7 Å². The Kier molecular flexibility index (Phi) is 6.25. The summed E-state index contributed by atoms with van der Waals surface area (Å²) < 4.78 is 3.24. The first-order valence-electron chi connectivity index (χ1n) is 11.3. The molecule has 2 amide bonds. The van der Waals surface area contributed by atoms with Crippen molar-refractivity contribution in [3.63, 3.8) is 0 Å². The number of nitrogens with one attached hydrogen (secondary N) is 1. The van der Waals surface area contributed by atoms with E-state index in [0.29, 0.717) is 25.5 Å². The largest absolute Gasteiger partial charge is 0.352 e. The Labute approximate surface area is 177 Å². The predicted molar refractivity (Wildman–Crippen MR) is 116 cm³/mol. The predicted octanol–water partition coefficient (Wildman–Crippen LogP) is 2.51. The van der Waals surface area contributed by atoms with Gasteiger partial charge >= 0.3 is 5.69 Å². The second-order valence-corrected chi connectivity index (χ2v) is 8.60. The monoisotopic (exact) mass is 412 g/mol. The molecule has 0 spiro atoms. The van der Waals surface area contributed by atoms with Crippen molar-refractivity contribution in [1.29, 1.82) is 0 Å². The lowest BCUT2D eigenvalue weighted by molar-refractivity contribution is -0.137. The minimum absolute atomic E-state index is 0.0214. The Bertz CT molecular complexity index is 962. The minimum atomic E-state index is -0.151. The van der Waals surface area contributed by atoms with Crippen molar-refractivity contribution in [3.8, 4) is 0 Å². The van der Waals surface area contributed by atoms with E-state index in [-0.39, 0.29) is 30.1 Å². The number of aryl methyl sites for hydroxylation is 1. The molecule has 1 saturated heterocycles. The molecule has 0 bridgehead atoms. The van der Waals surface area contributed by atoms with E-state index in [1.54, 1.807) is 9.13 Å². The van der Waals surface area contributed by atoms with Gasteiger partial charge in [0.25, 0.3) is 0 Å². The van der Waals surface area contributed by atoms with Gasteiger partial charge in [0, 0.05) is 31.6 Å². The smallest absolute Gasteiger partial charge is 0.329 e. The summed E-state index contributed by atoms with van der Waals surface area (Å²) in [6.07, 6.45) is 7.17. The Morgan fingerprint density at radius 2 is 1.60 bits per heavy atom. The molecule has 1 aliphatic carbocycles. The van der Waals surface area contributed by atoms with E-state index in [1.165, 1.54) is 6.42 Å². The van der Waals surface area contributed by atoms with Crippen molar-refractivity contribution < 1.29 is 9.59 Å². The molecule has 1 aliphatic heterocycles. The van der Waals surface area contributed by atoms with Gasteiger partial charge in [0.1, 0.15) is 6.54 Å². The second kappa shape index (κ2) is 9.06. The molecule has 0 unspecified atom stereocenters. The van der Waals surface area contributed by atoms with Crippen LogP contribution in [-0.2, 0) is 22.7 Å². The summed E-state index contributed by atoms with van der Waals surface area (Å²) >= 11 is 0. The van der Waals surface area contributed by atoms with Crippen LogP contribution in [-0.4, -0.2) is 45.0 Å². The van der Waals surface area contributed by atoms with E-state index in [4.69, 9.17) is 0 Å². The number of para-hydroxylation sites is 2. The highest BCUT2D eigenvalue weighted by Crippen LogP contribution is 2.26. The fraction of sp³-hybridized carbons (Fsp3) is 0.609. The average Bonchev–Trinajstić information content (AvgIpc) is 3.05. The number of amides is 2. The van der Waals surface area contributed by atoms with E-state index in [0.717, 1.165) is 49.6 Å². The van der Waals surface area contributed by atoms with Crippen LogP contribution in [0.25, 0.3) is 11.0 Å². The van der Waals surface area contributed by atoms with Gasteiger partial charge in [-0.3, -0.25) is 18.7 Å². The third-order valence-electron chi connectivity index (χ3n) is 6.67. The van der Waals surface area contributed by atoms with Crippen LogP contribution in [0, 0.1) is 5.92 Å². The molecule has 30 heavy (non-hydrogen) atoms. The lowest BCUT2D eigenvalue weighted by Crippen LogP contribution is -2.49. The Morgan fingerprint density at radius 3 is 2.23 bits per heavy atom. The fourth-order valence-electron chi connectivity index (χ4n) is 5.00. The van der Waals surface area contributed by atoms with Crippen LogP contribution in [0.5, 0.6) is 0 Å². The number of rotatable bonds is 5. The average molecular weight is 413 g/mol. The number of fused-ring (bicyclic) bond motifs is 1. The maximum atomic E-state index is 12.7. The summed E-state index contributed by atoms with van der Waals surface area (Å²) in [4.78, 5) is 40.1. The van der Waals surface area contributed by atoms with Crippen molar-refractivity contribution in [1.82, 2.24) is 19.4 Å². The molecule has 2 aliphatic rings. The van der Waals surface area contributed by atoms with E-state index >= 15 is 0 Å². The Hall–Kier alpha value is -2.57. The number of hydrogen-bond acceptors (Lipinski definition) is 3. The quantitative estimate of drug-likeness (QED) is 0.820. The molecule has 4 rings (SSSR count). The molecule has 0 atom stereocenters. The molecular weight excluding hydrogens is 380 g/mol. The van der Waals surface area contributed by atoms with Crippen molar-refractivity contribution in [2.75, 3.05) is 13.1 Å².